The first-order chi connectivity index (χ1) is 7.16. The molecule has 4 nitrogen and oxygen atoms in total. The number of hydrogen-bond acceptors (Lipinski definition) is 4. The van der Waals surface area contributed by atoms with Crippen LogP contribution in [0.3, 0.4) is 0 Å². The Morgan fingerprint density at radius 2 is 1.56 bits per heavy atom. The molecule has 96 valence electrons. The fourth-order valence-corrected chi connectivity index (χ4v) is 0.600. The van der Waals surface area contributed by atoms with Crippen molar-refractivity contribution in [2.45, 2.75) is 18.8 Å². The maximum atomic E-state index is 11.7. The molecule has 16 heavy (non-hydrogen) atoms. The van der Waals surface area contributed by atoms with Gasteiger partial charge in [0.05, 0.1) is 6.61 Å². The highest BCUT2D eigenvalue weighted by Crippen LogP contribution is 2.18. The number of rotatable bonds is 5. The van der Waals surface area contributed by atoms with Gasteiger partial charge < -0.3 is 4.74 Å². The Morgan fingerprint density at radius 1 is 1.12 bits per heavy atom. The highest BCUT2D eigenvalue weighted by molar-refractivity contribution is 5.75. The van der Waals surface area contributed by atoms with Crippen molar-refractivity contribution in [2.75, 3.05) is 6.61 Å². The van der Waals surface area contributed by atoms with Gasteiger partial charge in [-0.2, -0.15) is 13.2 Å². The Balaban J connectivity index is 4.01. The van der Waals surface area contributed by atoms with E-state index in [-0.39, 0.29) is 0 Å². The summed E-state index contributed by atoms with van der Waals surface area (Å²) in [6.45, 7) is -1.21. The van der Waals surface area contributed by atoms with Crippen LogP contribution in [0.2, 0.25) is 0 Å². The van der Waals surface area contributed by atoms with Crippen molar-refractivity contribution in [2.24, 2.45) is 0 Å². The molecule has 0 aliphatic carbocycles. The number of halogens is 7. The van der Waals surface area contributed by atoms with Gasteiger partial charge in [-0.1, -0.05) is 17.9 Å². The van der Waals surface area contributed by atoms with Crippen LogP contribution in [0.25, 0.3) is 0 Å². The van der Waals surface area contributed by atoms with Gasteiger partial charge in [0.2, 0.25) is 0 Å². The lowest BCUT2D eigenvalue weighted by Crippen LogP contribution is -2.34. The first kappa shape index (κ1) is 14.9. The van der Waals surface area contributed by atoms with Crippen molar-refractivity contribution in [3.63, 3.8) is 0 Å². The summed E-state index contributed by atoms with van der Waals surface area (Å²) in [6, 6.07) is 0. The number of hydrogen-bond donors (Lipinski definition) is 0. The normalized spacial score (nSPS) is 12.6. The van der Waals surface area contributed by atoms with Crippen LogP contribution in [0, 0.1) is 0 Å². The first-order valence-electron chi connectivity index (χ1n) is 3.61. The lowest BCUT2D eigenvalue weighted by atomic mass is 10.4. The van der Waals surface area contributed by atoms with Crippen LogP contribution < -0.4 is 0 Å². The van der Waals surface area contributed by atoms with E-state index in [0.717, 1.165) is 0 Å². The molecule has 0 fully saturated rings. The quantitative estimate of drug-likeness (QED) is 0.326. The van der Waals surface area contributed by atoms with Crippen LogP contribution in [0.1, 0.15) is 6.42 Å². The van der Waals surface area contributed by atoms with Gasteiger partial charge in [-0.05, 0) is 0 Å². The first-order valence-corrected chi connectivity index (χ1v) is 3.61. The van der Waals surface area contributed by atoms with E-state index >= 15 is 0 Å². The summed E-state index contributed by atoms with van der Waals surface area (Å²) in [5.74, 6) is -2.63. The summed E-state index contributed by atoms with van der Waals surface area (Å²) in [6.07, 6.45) is -9.20. The average molecular weight is 258 g/mol. The van der Waals surface area contributed by atoms with Gasteiger partial charge in [0.15, 0.2) is 6.17 Å². The minimum Gasteiger partial charge on any atom is -0.459 e. The zero-order valence-corrected chi connectivity index (χ0v) is 7.35. The van der Waals surface area contributed by atoms with E-state index in [1.165, 1.54) is 0 Å². The van der Waals surface area contributed by atoms with Crippen LogP contribution in [0.15, 0.2) is 0 Å². The molecule has 0 bridgehead atoms. The van der Waals surface area contributed by atoms with E-state index in [0.29, 0.717) is 0 Å². The predicted molar refractivity (Wildman–Crippen MR) is 33.5 cm³/mol. The summed E-state index contributed by atoms with van der Waals surface area (Å²) in [5.41, 5.74) is 0. The van der Waals surface area contributed by atoms with Gasteiger partial charge in [0.1, 0.15) is 0 Å². The number of carbonyl (C=O) groups excluding carboxylic acids is 1. The van der Waals surface area contributed by atoms with Crippen LogP contribution in [0.4, 0.5) is 31.1 Å². The van der Waals surface area contributed by atoms with Gasteiger partial charge in [0, 0.05) is 17.1 Å². The molecule has 0 saturated heterocycles. The number of carbonyl (C=O) groups is 1. The van der Waals surface area contributed by atoms with E-state index < -0.39 is 42.0 Å². The van der Waals surface area contributed by atoms with Crippen molar-refractivity contribution < 1.29 is 40.6 Å². The van der Waals surface area contributed by atoms with Crippen LogP contribution in [-0.4, -0.2) is 35.6 Å². The van der Waals surface area contributed by atoms with E-state index in [4.69, 9.17) is 0 Å². The monoisotopic (exact) mass is 258 g/mol. The molecule has 0 aliphatic heterocycles. The highest BCUT2D eigenvalue weighted by atomic mass is 19.4. The molecular weight excluding hydrogens is 253 g/mol. The predicted octanol–water partition coefficient (Wildman–Crippen LogP) is 1.95. The summed E-state index contributed by atoms with van der Waals surface area (Å²) < 4.78 is 84.6. The number of nitrogens with zero attached hydrogens (tertiary/aromatic N) is 2. The SMILES string of the molecule is O=C(OCCC(N(F)F)N(F)F)C(F)(F)F. The lowest BCUT2D eigenvalue weighted by Gasteiger charge is -2.16. The smallest absolute Gasteiger partial charge is 0.459 e. The average Bonchev–Trinajstić information content (AvgIpc) is 2.08. The fraction of sp³-hybridized carbons (Fsp3) is 0.800. The molecule has 0 saturated carbocycles. The minimum atomic E-state index is -5.29. The third-order valence-electron chi connectivity index (χ3n) is 1.29. The molecule has 0 radical (unpaired) electrons. The summed E-state index contributed by atoms with van der Waals surface area (Å²) in [7, 11) is 0. The Labute approximate surface area is 83.9 Å². The third kappa shape index (κ3) is 5.11. The van der Waals surface area contributed by atoms with Crippen molar-refractivity contribution in [3.05, 3.63) is 0 Å². The van der Waals surface area contributed by atoms with Gasteiger partial charge in [0.25, 0.3) is 0 Å². The number of esters is 1. The Morgan fingerprint density at radius 3 is 1.88 bits per heavy atom. The molecule has 0 spiro atoms. The Bertz CT molecular complexity index is 223. The van der Waals surface area contributed by atoms with Crippen LogP contribution >= 0.6 is 0 Å². The molecule has 0 aromatic carbocycles. The van der Waals surface area contributed by atoms with Crippen LogP contribution in [-0.2, 0) is 9.53 Å². The highest BCUT2D eigenvalue weighted by Gasteiger charge is 2.41. The summed E-state index contributed by atoms with van der Waals surface area (Å²) >= 11 is 0. The van der Waals surface area contributed by atoms with Crippen molar-refractivity contribution in [1.29, 1.82) is 0 Å². The molecule has 0 atom stereocenters. The molecule has 0 aromatic heterocycles. The lowest BCUT2D eigenvalue weighted by molar-refractivity contribution is -0.320. The zero-order valence-electron chi connectivity index (χ0n) is 7.35. The van der Waals surface area contributed by atoms with E-state index in [1.54, 1.807) is 0 Å². The maximum absolute atomic E-state index is 11.7. The third-order valence-corrected chi connectivity index (χ3v) is 1.29. The van der Waals surface area contributed by atoms with Gasteiger partial charge >= 0.3 is 12.1 Å². The van der Waals surface area contributed by atoms with E-state index in [9.17, 15) is 35.9 Å². The molecule has 0 rings (SSSR count). The maximum Gasteiger partial charge on any atom is 0.490 e. The van der Waals surface area contributed by atoms with E-state index in [2.05, 4.69) is 4.74 Å². The molecule has 0 heterocycles. The minimum absolute atomic E-state index is 1.18. The Kier molecular flexibility index (Phi) is 5.44. The molecule has 0 aliphatic rings. The summed E-state index contributed by atoms with van der Waals surface area (Å²) in [5, 5.41) is -3.83. The van der Waals surface area contributed by atoms with Crippen molar-refractivity contribution >= 4 is 5.97 Å². The molecule has 0 unspecified atom stereocenters. The molecule has 0 amide bonds. The standard InChI is InChI=1S/C5H5F7N2O2/c6-5(7,8)4(15)16-2-1-3(13(9)10)14(11)12/h3H,1-2H2. The molecule has 11 heteroatoms. The Hall–Kier alpha value is -1.10. The molecular formula is C5H5F7N2O2. The zero-order chi connectivity index (χ0) is 12.9. The largest absolute Gasteiger partial charge is 0.490 e. The number of ether oxygens (including phenoxy) is 1. The van der Waals surface area contributed by atoms with E-state index in [1.807, 2.05) is 0 Å². The van der Waals surface area contributed by atoms with Gasteiger partial charge in [-0.3, -0.25) is 0 Å². The second-order valence-corrected chi connectivity index (χ2v) is 2.42. The fourth-order valence-electron chi connectivity index (χ4n) is 0.600. The van der Waals surface area contributed by atoms with Gasteiger partial charge in [-0.15, -0.1) is 0 Å². The van der Waals surface area contributed by atoms with Crippen molar-refractivity contribution in [1.82, 2.24) is 10.7 Å². The second kappa shape index (κ2) is 5.84. The second-order valence-electron chi connectivity index (χ2n) is 2.42. The molecule has 0 aromatic rings. The topological polar surface area (TPSA) is 32.8 Å². The van der Waals surface area contributed by atoms with Crippen molar-refractivity contribution in [3.8, 4) is 0 Å². The summed E-state index contributed by atoms with van der Waals surface area (Å²) in [4.78, 5) is 10.0. The molecule has 0 N–H and O–H groups in total. The number of alkyl halides is 3. The van der Waals surface area contributed by atoms with Crippen LogP contribution in [0.5, 0.6) is 0 Å². The van der Waals surface area contributed by atoms with Gasteiger partial charge in [-0.25, -0.2) is 4.79 Å².